The van der Waals surface area contributed by atoms with E-state index in [9.17, 15) is 22.4 Å². The van der Waals surface area contributed by atoms with Crippen molar-refractivity contribution in [2.45, 2.75) is 38.8 Å². The summed E-state index contributed by atoms with van der Waals surface area (Å²) < 4.78 is 60.0. The van der Waals surface area contributed by atoms with Crippen LogP contribution in [0.4, 0.5) is 29.2 Å². The zero-order valence-electron chi connectivity index (χ0n) is 23.3. The number of pyridine rings is 1. The van der Waals surface area contributed by atoms with Gasteiger partial charge in [0.15, 0.2) is 5.82 Å². The van der Waals surface area contributed by atoms with Gasteiger partial charge < -0.3 is 9.88 Å². The predicted molar refractivity (Wildman–Crippen MR) is 147 cm³/mol. The maximum atomic E-state index is 14.3. The molecule has 6 rings (SSSR count). The van der Waals surface area contributed by atoms with E-state index in [1.54, 1.807) is 52.9 Å². The van der Waals surface area contributed by atoms with E-state index in [0.717, 1.165) is 6.07 Å². The van der Waals surface area contributed by atoms with Gasteiger partial charge in [0, 0.05) is 51.4 Å². The SMILES string of the molecule is CCNc1cc(-c2c(-c3nncn3C)cnn2C)cc(N2Cc3c(cc(CN4CC[C@@H](F)C4)cc3C(F)(F)F)C2=O)n1. The van der Waals surface area contributed by atoms with Crippen LogP contribution in [0.15, 0.2) is 36.8 Å². The van der Waals surface area contributed by atoms with Crippen molar-refractivity contribution in [3.8, 4) is 22.6 Å². The molecule has 42 heavy (non-hydrogen) atoms. The number of fused-ring (bicyclic) bond motifs is 1. The molecule has 14 heteroatoms. The van der Waals surface area contributed by atoms with E-state index in [2.05, 4.69) is 25.6 Å². The fourth-order valence-corrected chi connectivity index (χ4v) is 5.72. The number of nitrogens with zero attached hydrogens (tertiary/aromatic N) is 8. The van der Waals surface area contributed by atoms with Gasteiger partial charge in [0.1, 0.15) is 24.1 Å². The van der Waals surface area contributed by atoms with Gasteiger partial charge in [0.25, 0.3) is 5.91 Å². The van der Waals surface area contributed by atoms with Gasteiger partial charge in [-0.25, -0.2) is 9.37 Å². The number of benzene rings is 1. The minimum Gasteiger partial charge on any atom is -0.370 e. The van der Waals surface area contributed by atoms with E-state index in [1.165, 1.54) is 11.0 Å². The van der Waals surface area contributed by atoms with Crippen LogP contribution in [-0.4, -0.2) is 66.1 Å². The lowest BCUT2D eigenvalue weighted by Crippen LogP contribution is -2.24. The molecule has 10 nitrogen and oxygen atoms in total. The van der Waals surface area contributed by atoms with Gasteiger partial charge in [0.2, 0.25) is 0 Å². The van der Waals surface area contributed by atoms with Crippen LogP contribution in [0.2, 0.25) is 0 Å². The smallest absolute Gasteiger partial charge is 0.370 e. The monoisotopic (exact) mass is 583 g/mol. The highest BCUT2D eigenvalue weighted by atomic mass is 19.4. The van der Waals surface area contributed by atoms with Crippen LogP contribution in [0.25, 0.3) is 22.6 Å². The van der Waals surface area contributed by atoms with Gasteiger partial charge in [-0.3, -0.25) is 19.3 Å². The van der Waals surface area contributed by atoms with E-state index < -0.39 is 23.8 Å². The molecule has 1 amide bonds. The zero-order chi connectivity index (χ0) is 29.8. The molecule has 0 saturated carbocycles. The number of hydrogen-bond acceptors (Lipinski definition) is 7. The maximum Gasteiger partial charge on any atom is 0.416 e. The van der Waals surface area contributed by atoms with Gasteiger partial charge in [0.05, 0.1) is 29.6 Å². The summed E-state index contributed by atoms with van der Waals surface area (Å²) in [7, 11) is 3.57. The molecule has 1 saturated heterocycles. The summed E-state index contributed by atoms with van der Waals surface area (Å²) in [5.41, 5.74) is 1.35. The fourth-order valence-electron chi connectivity index (χ4n) is 5.72. The van der Waals surface area contributed by atoms with Gasteiger partial charge in [-0.15, -0.1) is 10.2 Å². The first-order valence-electron chi connectivity index (χ1n) is 13.6. The van der Waals surface area contributed by atoms with Crippen LogP contribution in [0.5, 0.6) is 0 Å². The molecule has 1 N–H and O–H groups in total. The Morgan fingerprint density at radius 2 is 1.93 bits per heavy atom. The van der Waals surface area contributed by atoms with Crippen LogP contribution in [0.1, 0.15) is 40.4 Å². The minimum atomic E-state index is -4.67. The van der Waals surface area contributed by atoms with Gasteiger partial charge in [-0.05, 0) is 48.7 Å². The lowest BCUT2D eigenvalue weighted by atomic mass is 9.98. The number of likely N-dealkylation sites (tertiary alicyclic amines) is 1. The first-order valence-corrected chi connectivity index (χ1v) is 13.6. The van der Waals surface area contributed by atoms with Gasteiger partial charge in [-0.1, -0.05) is 0 Å². The van der Waals surface area contributed by atoms with Crippen molar-refractivity contribution in [3.63, 3.8) is 0 Å². The predicted octanol–water partition coefficient (Wildman–Crippen LogP) is 4.43. The van der Waals surface area contributed by atoms with Crippen molar-refractivity contribution < 1.29 is 22.4 Å². The van der Waals surface area contributed by atoms with E-state index in [4.69, 9.17) is 0 Å². The fraction of sp³-hybridized carbons (Fsp3) is 0.393. The highest BCUT2D eigenvalue weighted by Crippen LogP contribution is 2.41. The molecule has 3 aromatic heterocycles. The summed E-state index contributed by atoms with van der Waals surface area (Å²) in [6.07, 6.45) is -2.11. The average molecular weight is 584 g/mol. The van der Waals surface area contributed by atoms with E-state index >= 15 is 0 Å². The number of alkyl halides is 4. The van der Waals surface area contributed by atoms with E-state index in [1.807, 2.05) is 6.92 Å². The second-order valence-electron chi connectivity index (χ2n) is 10.6. The van der Waals surface area contributed by atoms with Gasteiger partial charge >= 0.3 is 6.18 Å². The number of anilines is 2. The third-order valence-corrected chi connectivity index (χ3v) is 7.64. The van der Waals surface area contributed by atoms with Crippen LogP contribution in [0.3, 0.4) is 0 Å². The Morgan fingerprint density at radius 1 is 1.12 bits per heavy atom. The highest BCUT2D eigenvalue weighted by Gasteiger charge is 2.41. The average Bonchev–Trinajstić information content (AvgIpc) is 3.71. The molecular formula is C28H29F4N9O. The Morgan fingerprint density at radius 3 is 2.60 bits per heavy atom. The number of rotatable bonds is 7. The number of aryl methyl sites for hydroxylation is 2. The van der Waals surface area contributed by atoms with Crippen LogP contribution in [-0.2, 0) is 33.4 Å². The lowest BCUT2D eigenvalue weighted by Gasteiger charge is -2.19. The molecule has 4 aromatic rings. The number of carbonyl (C=O) groups excluding carboxylic acids is 1. The third kappa shape index (κ3) is 4.99. The largest absolute Gasteiger partial charge is 0.416 e. The second kappa shape index (κ2) is 10.5. The van der Waals surface area contributed by atoms with Crippen molar-refractivity contribution in [3.05, 3.63) is 59.0 Å². The minimum absolute atomic E-state index is 0.0201. The molecule has 220 valence electrons. The molecule has 1 fully saturated rings. The Hall–Kier alpha value is -4.33. The van der Waals surface area contributed by atoms with E-state index in [0.29, 0.717) is 53.5 Å². The van der Waals surface area contributed by atoms with Crippen molar-refractivity contribution in [1.29, 1.82) is 0 Å². The summed E-state index contributed by atoms with van der Waals surface area (Å²) in [5.74, 6) is 0.646. The molecule has 0 bridgehead atoms. The van der Waals surface area contributed by atoms with E-state index in [-0.39, 0.29) is 36.6 Å². The Kier molecular flexibility index (Phi) is 6.95. The zero-order valence-corrected chi connectivity index (χ0v) is 23.3. The summed E-state index contributed by atoms with van der Waals surface area (Å²) in [5, 5.41) is 15.7. The Bertz CT molecular complexity index is 1660. The summed E-state index contributed by atoms with van der Waals surface area (Å²) >= 11 is 0. The molecule has 0 unspecified atom stereocenters. The number of nitrogens with one attached hydrogen (secondary N) is 1. The second-order valence-corrected chi connectivity index (χ2v) is 10.6. The first kappa shape index (κ1) is 27.8. The highest BCUT2D eigenvalue weighted by molar-refractivity contribution is 6.10. The first-order chi connectivity index (χ1) is 20.0. The Labute approximate surface area is 239 Å². The number of hydrogen-bond donors (Lipinski definition) is 1. The molecule has 1 atom stereocenters. The molecule has 5 heterocycles. The van der Waals surface area contributed by atoms with Gasteiger partial charge in [-0.2, -0.15) is 18.3 Å². The quantitative estimate of drug-likeness (QED) is 0.322. The molecule has 0 radical (unpaired) electrons. The molecule has 2 aliphatic rings. The summed E-state index contributed by atoms with van der Waals surface area (Å²) in [4.78, 5) is 21.4. The van der Waals surface area contributed by atoms with Crippen molar-refractivity contribution in [2.75, 3.05) is 29.9 Å². The number of halogens is 4. The topological polar surface area (TPSA) is 97.0 Å². The van der Waals surface area contributed by atoms with Crippen LogP contribution in [0, 0.1) is 0 Å². The summed E-state index contributed by atoms with van der Waals surface area (Å²) in [6, 6.07) is 6.05. The Balaban J connectivity index is 1.42. The van der Waals surface area contributed by atoms with Crippen molar-refractivity contribution >= 4 is 17.5 Å². The molecule has 2 aliphatic heterocycles. The van der Waals surface area contributed by atoms with Crippen LogP contribution >= 0.6 is 0 Å². The number of aromatic nitrogens is 6. The molecule has 0 aliphatic carbocycles. The summed E-state index contributed by atoms with van der Waals surface area (Å²) in [6.45, 7) is 2.88. The lowest BCUT2D eigenvalue weighted by molar-refractivity contribution is -0.138. The molecule has 1 aromatic carbocycles. The van der Waals surface area contributed by atoms with Crippen molar-refractivity contribution in [2.24, 2.45) is 14.1 Å². The molecule has 0 spiro atoms. The number of amides is 1. The maximum absolute atomic E-state index is 14.3. The van der Waals surface area contributed by atoms with Crippen LogP contribution < -0.4 is 10.2 Å². The number of carbonyl (C=O) groups is 1. The molecular weight excluding hydrogens is 554 g/mol. The van der Waals surface area contributed by atoms with Crippen molar-refractivity contribution in [1.82, 2.24) is 34.4 Å². The normalized spacial score (nSPS) is 17.4. The standard InChI is InChI=1S/C28H29F4N9O/c1-4-33-23-9-17(25-20(11-35-39(25)3)26-37-34-15-38(26)2)10-24(36-23)41-14-21-19(27(41)42)7-16(8-22(21)28(30,31)32)12-40-6-5-18(29)13-40/h7-11,15,18H,4-6,12-14H2,1-3H3,(H,33,36)/t18-/m1/s1. The third-order valence-electron chi connectivity index (χ3n) is 7.64.